The average Bonchev–Trinajstić information content (AvgIpc) is 3.32. The van der Waals surface area contributed by atoms with Crippen molar-refractivity contribution < 1.29 is 38.1 Å². The molecule has 0 aliphatic rings. The number of unbranched alkanes of at least 4 members (excludes halogenated alkanes) is 24. The molecule has 1 unspecified atom stereocenters. The van der Waals surface area contributed by atoms with Crippen LogP contribution in [-0.2, 0) is 33.3 Å². The number of hydrogen-bond donors (Lipinski definition) is 0. The summed E-state index contributed by atoms with van der Waals surface area (Å²) in [6, 6.07) is 0. The van der Waals surface area contributed by atoms with Gasteiger partial charge in [0.25, 0.3) is 0 Å². The Kier molecular flexibility index (Phi) is 48.5. The van der Waals surface area contributed by atoms with Gasteiger partial charge in [-0.2, -0.15) is 0 Å². The summed E-state index contributed by atoms with van der Waals surface area (Å²) in [6.07, 6.45) is 42.0. The van der Waals surface area contributed by atoms with Gasteiger partial charge in [-0.15, -0.1) is 0 Å². The summed E-state index contributed by atoms with van der Waals surface area (Å²) in [5, 5.41) is 0. The topological polar surface area (TPSA) is 112 Å². The molecule has 0 aliphatic heterocycles. The lowest BCUT2D eigenvalue weighted by Gasteiger charge is -2.26. The molecule has 70 heavy (non-hydrogen) atoms. The molecule has 1 atom stereocenters. The average molecular weight is 994 g/mol. The minimum atomic E-state index is -0.425. The molecule has 0 radical (unpaired) electrons. The maximum absolute atomic E-state index is 13.8. The summed E-state index contributed by atoms with van der Waals surface area (Å²) >= 11 is 0. The highest BCUT2D eigenvalue weighted by molar-refractivity contribution is 5.78. The Hall–Kier alpha value is -2.36. The number of carbonyl (C=O) groups is 4. The maximum atomic E-state index is 13.8. The summed E-state index contributed by atoms with van der Waals surface area (Å²) in [5.41, 5.74) is 0. The van der Waals surface area contributed by atoms with E-state index >= 15 is 0 Å². The van der Waals surface area contributed by atoms with E-state index < -0.39 is 6.09 Å². The third kappa shape index (κ3) is 44.3. The van der Waals surface area contributed by atoms with Crippen molar-refractivity contribution in [1.29, 1.82) is 0 Å². The highest BCUT2D eigenvalue weighted by Crippen LogP contribution is 2.22. The zero-order valence-electron chi connectivity index (χ0n) is 47.6. The molecule has 0 heterocycles. The molecule has 0 aromatic heterocycles. The van der Waals surface area contributed by atoms with Gasteiger partial charge in [0.1, 0.15) is 24.9 Å². The quantitative estimate of drug-likeness (QED) is 0.0334. The zero-order valence-corrected chi connectivity index (χ0v) is 47.6. The second-order valence-electron chi connectivity index (χ2n) is 21.3. The molecule has 0 aliphatic carbocycles. The van der Waals surface area contributed by atoms with Gasteiger partial charge in [0, 0.05) is 19.4 Å². The highest BCUT2D eigenvalue weighted by atomic mass is 16.6. The maximum Gasteiger partial charge on any atom is 0.410 e. The molecular weight excluding hydrogens is 877 g/mol. The first kappa shape index (κ1) is 67.6. The molecule has 0 rings (SSSR count). The fraction of sp³-hybridized carbons (Fsp3) is 0.933. The predicted molar refractivity (Wildman–Crippen MR) is 293 cm³/mol. The van der Waals surface area contributed by atoms with E-state index in [-0.39, 0.29) is 48.9 Å². The Labute approximate surface area is 433 Å². The van der Waals surface area contributed by atoms with Crippen LogP contribution in [0.3, 0.4) is 0 Å². The van der Waals surface area contributed by atoms with Gasteiger partial charge in [0.05, 0.1) is 6.10 Å². The van der Waals surface area contributed by atoms with E-state index in [1.807, 2.05) is 21.0 Å². The molecule has 10 heteroatoms. The van der Waals surface area contributed by atoms with Gasteiger partial charge in [0.2, 0.25) is 0 Å². The standard InChI is InChI=1S/C60H116N2O8/c1-9-14-19-32-42-54(43-33-20-15-10-2)68-57(63)48-38-29-25-23-27-36-46-56(70-60(66)62(51-40-50-61(7)8)52-59(65)67-53(6)41-31-18-13-5)47-37-28-24-26-30-39-49-58(64)69-55(44-34-21-16-11-3)45-35-22-17-12-4/h53-56H,9-52H2,1-8H3. The number of nitrogens with zero attached hydrogens (tertiary/aromatic N) is 2. The normalized spacial score (nSPS) is 12.1. The summed E-state index contributed by atoms with van der Waals surface area (Å²) in [4.78, 5) is 56.2. The molecule has 0 aromatic carbocycles. The van der Waals surface area contributed by atoms with Crippen LogP contribution in [0.15, 0.2) is 0 Å². The van der Waals surface area contributed by atoms with E-state index in [9.17, 15) is 19.2 Å². The molecule has 0 spiro atoms. The van der Waals surface area contributed by atoms with Crippen molar-refractivity contribution in [3.63, 3.8) is 0 Å². The molecule has 1 amide bonds. The Morgan fingerprint density at radius 3 is 1.03 bits per heavy atom. The SMILES string of the molecule is CCCCCCC(CCCCCC)OC(=O)CCCCCCCCC(CCCCCCCCC(=O)OC(CCCCCC)CCCCCC)OC(=O)N(CCCN(C)C)CC(=O)OC(C)CCCCC. The van der Waals surface area contributed by atoms with Crippen LogP contribution >= 0.6 is 0 Å². The lowest BCUT2D eigenvalue weighted by Crippen LogP contribution is -2.40. The summed E-state index contributed by atoms with van der Waals surface area (Å²) in [6.45, 7) is 14.2. The van der Waals surface area contributed by atoms with Gasteiger partial charge in [0.15, 0.2) is 0 Å². The van der Waals surface area contributed by atoms with Crippen LogP contribution in [0, 0.1) is 0 Å². The molecule has 414 valence electrons. The van der Waals surface area contributed by atoms with Crippen LogP contribution in [0.1, 0.15) is 305 Å². The van der Waals surface area contributed by atoms with Crippen molar-refractivity contribution >= 4 is 24.0 Å². The minimum absolute atomic E-state index is 0.0313. The van der Waals surface area contributed by atoms with Crippen LogP contribution in [0.4, 0.5) is 4.79 Å². The fourth-order valence-corrected chi connectivity index (χ4v) is 9.36. The molecule has 0 bridgehead atoms. The zero-order chi connectivity index (χ0) is 51.7. The summed E-state index contributed by atoms with van der Waals surface area (Å²) in [7, 11) is 4.02. The minimum Gasteiger partial charge on any atom is -0.462 e. The molecule has 0 saturated heterocycles. The summed E-state index contributed by atoms with van der Waals surface area (Å²) < 4.78 is 24.0. The van der Waals surface area contributed by atoms with E-state index in [0.29, 0.717) is 19.4 Å². The lowest BCUT2D eigenvalue weighted by atomic mass is 10.0. The van der Waals surface area contributed by atoms with E-state index in [4.69, 9.17) is 18.9 Å². The smallest absolute Gasteiger partial charge is 0.410 e. The molecule has 0 N–H and O–H groups in total. The predicted octanol–water partition coefficient (Wildman–Crippen LogP) is 17.2. The van der Waals surface area contributed by atoms with E-state index in [2.05, 4.69) is 39.5 Å². The van der Waals surface area contributed by atoms with E-state index in [0.717, 1.165) is 180 Å². The third-order valence-electron chi connectivity index (χ3n) is 13.9. The lowest BCUT2D eigenvalue weighted by molar-refractivity contribution is -0.151. The second kappa shape index (κ2) is 50.2. The second-order valence-corrected chi connectivity index (χ2v) is 21.3. The van der Waals surface area contributed by atoms with Crippen molar-refractivity contribution in [2.24, 2.45) is 0 Å². The molecular formula is C60H116N2O8. The fourth-order valence-electron chi connectivity index (χ4n) is 9.36. The van der Waals surface area contributed by atoms with Crippen LogP contribution in [0.2, 0.25) is 0 Å². The number of hydrogen-bond acceptors (Lipinski definition) is 9. The van der Waals surface area contributed by atoms with Gasteiger partial charge in [-0.25, -0.2) is 4.79 Å². The van der Waals surface area contributed by atoms with E-state index in [1.165, 1.54) is 77.0 Å². The first-order valence-electron chi connectivity index (χ1n) is 30.2. The first-order chi connectivity index (χ1) is 34.0. The largest absolute Gasteiger partial charge is 0.462 e. The van der Waals surface area contributed by atoms with Gasteiger partial charge in [-0.1, -0.05) is 176 Å². The Morgan fingerprint density at radius 1 is 0.343 bits per heavy atom. The molecule has 0 saturated carbocycles. The highest BCUT2D eigenvalue weighted by Gasteiger charge is 2.24. The van der Waals surface area contributed by atoms with Crippen LogP contribution in [0.25, 0.3) is 0 Å². The van der Waals surface area contributed by atoms with E-state index in [1.54, 1.807) is 4.90 Å². The number of ether oxygens (including phenoxy) is 4. The summed E-state index contributed by atoms with van der Waals surface area (Å²) in [5.74, 6) is -0.439. The monoisotopic (exact) mass is 993 g/mol. The van der Waals surface area contributed by atoms with Gasteiger partial charge in [-0.05, 0) is 137 Å². The molecule has 0 aromatic rings. The van der Waals surface area contributed by atoms with Gasteiger partial charge >= 0.3 is 24.0 Å². The number of rotatable bonds is 52. The number of amides is 1. The molecule has 10 nitrogen and oxygen atoms in total. The van der Waals surface area contributed by atoms with Crippen molar-refractivity contribution in [2.75, 3.05) is 33.7 Å². The van der Waals surface area contributed by atoms with Crippen molar-refractivity contribution in [1.82, 2.24) is 9.80 Å². The van der Waals surface area contributed by atoms with Crippen molar-refractivity contribution in [3.8, 4) is 0 Å². The Bertz CT molecular complexity index is 1120. The number of esters is 3. The number of carbonyl (C=O) groups excluding carboxylic acids is 4. The van der Waals surface area contributed by atoms with Gasteiger partial charge in [-0.3, -0.25) is 19.3 Å². The van der Waals surface area contributed by atoms with Gasteiger partial charge < -0.3 is 23.8 Å². The van der Waals surface area contributed by atoms with Crippen LogP contribution < -0.4 is 0 Å². The molecule has 0 fully saturated rings. The van der Waals surface area contributed by atoms with Crippen molar-refractivity contribution in [3.05, 3.63) is 0 Å². The Balaban J connectivity index is 5.22. The Morgan fingerprint density at radius 2 is 0.657 bits per heavy atom. The third-order valence-corrected chi connectivity index (χ3v) is 13.9. The first-order valence-corrected chi connectivity index (χ1v) is 30.2. The van der Waals surface area contributed by atoms with Crippen LogP contribution in [0.5, 0.6) is 0 Å². The van der Waals surface area contributed by atoms with Crippen molar-refractivity contribution in [2.45, 2.75) is 329 Å². The van der Waals surface area contributed by atoms with Crippen LogP contribution in [-0.4, -0.2) is 91.9 Å².